The van der Waals surface area contributed by atoms with Crippen LogP contribution in [0.25, 0.3) is 0 Å². The fourth-order valence-corrected chi connectivity index (χ4v) is 1.88. The molecule has 2 heterocycles. The van der Waals surface area contributed by atoms with Crippen LogP contribution in [0.15, 0.2) is 18.3 Å². The zero-order chi connectivity index (χ0) is 9.26. The van der Waals surface area contributed by atoms with Gasteiger partial charge in [-0.3, -0.25) is 9.88 Å². The summed E-state index contributed by atoms with van der Waals surface area (Å²) in [6.45, 7) is 7.94. The lowest BCUT2D eigenvalue weighted by molar-refractivity contribution is 0.104. The van der Waals surface area contributed by atoms with Crippen LogP contribution in [0.3, 0.4) is 0 Å². The minimum atomic E-state index is 0.886. The molecule has 0 spiro atoms. The van der Waals surface area contributed by atoms with Gasteiger partial charge in [0.1, 0.15) is 0 Å². The van der Waals surface area contributed by atoms with Gasteiger partial charge in [-0.15, -0.1) is 0 Å². The maximum atomic E-state index is 4.28. The van der Waals surface area contributed by atoms with Gasteiger partial charge in [0.25, 0.3) is 0 Å². The summed E-state index contributed by atoms with van der Waals surface area (Å²) < 4.78 is 0. The molecule has 0 radical (unpaired) electrons. The highest BCUT2D eigenvalue weighted by Crippen LogP contribution is 2.18. The second kappa shape index (κ2) is 3.46. The molecule has 1 aromatic rings. The average Bonchev–Trinajstić information content (AvgIpc) is 2.06. The number of likely N-dealkylation sites (tertiary alicyclic amines) is 1. The van der Waals surface area contributed by atoms with Crippen LogP contribution in [0.1, 0.15) is 18.2 Å². The number of hydrogen-bond acceptors (Lipinski definition) is 2. The Kier molecular flexibility index (Phi) is 2.32. The lowest BCUT2D eigenvalue weighted by atomic mass is 10.0. The van der Waals surface area contributed by atoms with E-state index >= 15 is 0 Å². The molecule has 13 heavy (non-hydrogen) atoms. The number of pyridine rings is 1. The van der Waals surface area contributed by atoms with Crippen molar-refractivity contribution in [1.29, 1.82) is 0 Å². The average molecular weight is 176 g/mol. The van der Waals surface area contributed by atoms with Crippen LogP contribution in [-0.2, 0) is 6.54 Å². The van der Waals surface area contributed by atoms with E-state index in [1.807, 2.05) is 12.3 Å². The molecular formula is C11H16N2. The molecule has 1 aliphatic heterocycles. The standard InChI is InChI=1S/C11H16N2/c1-9-6-13(7-9)8-11-4-3-5-12-10(11)2/h3-5,9H,6-8H2,1-2H3. The van der Waals surface area contributed by atoms with Gasteiger partial charge in [-0.1, -0.05) is 13.0 Å². The lowest BCUT2D eigenvalue weighted by Crippen LogP contribution is -2.44. The quantitative estimate of drug-likeness (QED) is 0.683. The molecule has 2 nitrogen and oxygen atoms in total. The van der Waals surface area contributed by atoms with E-state index in [0.717, 1.165) is 12.5 Å². The largest absolute Gasteiger partial charge is 0.298 e. The fourth-order valence-electron chi connectivity index (χ4n) is 1.88. The van der Waals surface area contributed by atoms with Crippen LogP contribution in [0, 0.1) is 12.8 Å². The van der Waals surface area contributed by atoms with Crippen LogP contribution in [-0.4, -0.2) is 23.0 Å². The molecule has 2 heteroatoms. The molecule has 0 bridgehead atoms. The maximum absolute atomic E-state index is 4.28. The molecule has 1 aromatic heterocycles. The Hall–Kier alpha value is -0.890. The van der Waals surface area contributed by atoms with E-state index in [1.165, 1.54) is 24.3 Å². The predicted octanol–water partition coefficient (Wildman–Crippen LogP) is 1.84. The van der Waals surface area contributed by atoms with Crippen LogP contribution < -0.4 is 0 Å². The van der Waals surface area contributed by atoms with Crippen molar-refractivity contribution in [1.82, 2.24) is 9.88 Å². The first-order chi connectivity index (χ1) is 6.25. The monoisotopic (exact) mass is 176 g/mol. The van der Waals surface area contributed by atoms with Gasteiger partial charge in [0.2, 0.25) is 0 Å². The second-order valence-electron chi connectivity index (χ2n) is 4.05. The SMILES string of the molecule is Cc1ncccc1CN1CC(C)C1. The highest BCUT2D eigenvalue weighted by molar-refractivity contribution is 5.18. The van der Waals surface area contributed by atoms with Crippen molar-refractivity contribution >= 4 is 0 Å². The van der Waals surface area contributed by atoms with Crippen LogP contribution >= 0.6 is 0 Å². The van der Waals surface area contributed by atoms with Crippen molar-refractivity contribution < 1.29 is 0 Å². The third kappa shape index (κ3) is 1.89. The molecule has 0 unspecified atom stereocenters. The van der Waals surface area contributed by atoms with E-state index in [-0.39, 0.29) is 0 Å². The third-order valence-electron chi connectivity index (χ3n) is 2.65. The zero-order valence-electron chi connectivity index (χ0n) is 8.33. The Morgan fingerprint density at radius 2 is 2.31 bits per heavy atom. The minimum Gasteiger partial charge on any atom is -0.298 e. The first kappa shape index (κ1) is 8.70. The van der Waals surface area contributed by atoms with E-state index in [1.54, 1.807) is 0 Å². The van der Waals surface area contributed by atoms with E-state index < -0.39 is 0 Å². The fraction of sp³-hybridized carbons (Fsp3) is 0.545. The van der Waals surface area contributed by atoms with E-state index in [2.05, 4.69) is 29.8 Å². The molecule has 1 fully saturated rings. The summed E-state index contributed by atoms with van der Waals surface area (Å²) in [5.41, 5.74) is 2.54. The van der Waals surface area contributed by atoms with Gasteiger partial charge in [0, 0.05) is 31.5 Å². The van der Waals surface area contributed by atoms with Crippen molar-refractivity contribution in [3.05, 3.63) is 29.6 Å². The van der Waals surface area contributed by atoms with Crippen molar-refractivity contribution in [2.45, 2.75) is 20.4 Å². The predicted molar refractivity (Wildman–Crippen MR) is 53.4 cm³/mol. The summed E-state index contributed by atoms with van der Waals surface area (Å²) in [7, 11) is 0. The van der Waals surface area contributed by atoms with Gasteiger partial charge >= 0.3 is 0 Å². The number of rotatable bonds is 2. The van der Waals surface area contributed by atoms with Crippen molar-refractivity contribution in [3.63, 3.8) is 0 Å². The normalized spacial score (nSPS) is 18.6. The molecule has 0 saturated carbocycles. The maximum Gasteiger partial charge on any atom is 0.0417 e. The molecule has 70 valence electrons. The molecular weight excluding hydrogens is 160 g/mol. The Morgan fingerprint density at radius 3 is 2.92 bits per heavy atom. The van der Waals surface area contributed by atoms with E-state index in [9.17, 15) is 0 Å². The minimum absolute atomic E-state index is 0.886. The summed E-state index contributed by atoms with van der Waals surface area (Å²) in [6.07, 6.45) is 1.86. The van der Waals surface area contributed by atoms with Gasteiger partial charge in [-0.05, 0) is 24.5 Å². The molecule has 0 aromatic carbocycles. The Bertz CT molecular complexity index is 290. The van der Waals surface area contributed by atoms with Gasteiger partial charge in [0.05, 0.1) is 0 Å². The first-order valence-corrected chi connectivity index (χ1v) is 4.88. The molecule has 0 atom stereocenters. The Balaban J connectivity index is 1.98. The van der Waals surface area contributed by atoms with Gasteiger partial charge in [-0.2, -0.15) is 0 Å². The van der Waals surface area contributed by atoms with Crippen molar-refractivity contribution in [2.24, 2.45) is 5.92 Å². The number of aromatic nitrogens is 1. The topological polar surface area (TPSA) is 16.1 Å². The Labute approximate surface area is 79.6 Å². The first-order valence-electron chi connectivity index (χ1n) is 4.88. The van der Waals surface area contributed by atoms with Crippen molar-refractivity contribution in [3.8, 4) is 0 Å². The van der Waals surface area contributed by atoms with Gasteiger partial charge in [0.15, 0.2) is 0 Å². The zero-order valence-corrected chi connectivity index (χ0v) is 8.33. The smallest absolute Gasteiger partial charge is 0.0417 e. The van der Waals surface area contributed by atoms with Crippen molar-refractivity contribution in [2.75, 3.05) is 13.1 Å². The second-order valence-corrected chi connectivity index (χ2v) is 4.05. The number of aryl methyl sites for hydroxylation is 1. The highest BCUT2D eigenvalue weighted by Gasteiger charge is 2.22. The van der Waals surface area contributed by atoms with Gasteiger partial charge in [-0.25, -0.2) is 0 Å². The summed E-state index contributed by atoms with van der Waals surface area (Å²) >= 11 is 0. The number of nitrogens with zero attached hydrogens (tertiary/aromatic N) is 2. The highest BCUT2D eigenvalue weighted by atomic mass is 15.2. The molecule has 0 aliphatic carbocycles. The van der Waals surface area contributed by atoms with Crippen LogP contribution in [0.5, 0.6) is 0 Å². The summed E-state index contributed by atoms with van der Waals surface area (Å²) in [4.78, 5) is 6.75. The molecule has 1 aliphatic rings. The molecule has 2 rings (SSSR count). The van der Waals surface area contributed by atoms with Gasteiger partial charge < -0.3 is 0 Å². The summed E-state index contributed by atoms with van der Waals surface area (Å²) in [5.74, 6) is 0.886. The molecule has 0 N–H and O–H groups in total. The number of hydrogen-bond donors (Lipinski definition) is 0. The van der Waals surface area contributed by atoms with Crippen LogP contribution in [0.4, 0.5) is 0 Å². The molecule has 0 amide bonds. The summed E-state index contributed by atoms with van der Waals surface area (Å²) in [5, 5.41) is 0. The molecule has 1 saturated heterocycles. The van der Waals surface area contributed by atoms with Crippen LogP contribution in [0.2, 0.25) is 0 Å². The summed E-state index contributed by atoms with van der Waals surface area (Å²) in [6, 6.07) is 4.19. The lowest BCUT2D eigenvalue weighted by Gasteiger charge is -2.37. The Morgan fingerprint density at radius 1 is 1.54 bits per heavy atom. The van der Waals surface area contributed by atoms with E-state index in [0.29, 0.717) is 0 Å². The van der Waals surface area contributed by atoms with E-state index in [4.69, 9.17) is 0 Å². The third-order valence-corrected chi connectivity index (χ3v) is 2.65.